The van der Waals surface area contributed by atoms with Gasteiger partial charge >= 0.3 is 0 Å². The molecule has 9 nitrogen and oxygen atoms in total. The summed E-state index contributed by atoms with van der Waals surface area (Å²) in [6.07, 6.45) is 0. The van der Waals surface area contributed by atoms with Gasteiger partial charge in [-0.2, -0.15) is 4.31 Å². The molecule has 0 aliphatic carbocycles. The lowest BCUT2D eigenvalue weighted by molar-refractivity contribution is 0.0730. The molecule has 0 radical (unpaired) electrons. The SMILES string of the molecule is Cc1ccc(S(=O)(=O)N2CCOCC2)cc1NC(=O)c1ccc(NS(=O)(=O)c2ccc(F)c(F)c2)cc1. The van der Waals surface area contributed by atoms with E-state index in [2.05, 4.69) is 10.0 Å². The molecule has 1 aliphatic rings. The highest BCUT2D eigenvalue weighted by Gasteiger charge is 2.27. The summed E-state index contributed by atoms with van der Waals surface area (Å²) in [5.41, 5.74) is 1.22. The van der Waals surface area contributed by atoms with Crippen LogP contribution in [0.5, 0.6) is 0 Å². The van der Waals surface area contributed by atoms with E-state index >= 15 is 0 Å². The Balaban J connectivity index is 1.48. The maximum Gasteiger partial charge on any atom is 0.261 e. The molecule has 0 atom stereocenters. The first-order valence-electron chi connectivity index (χ1n) is 11.1. The average Bonchev–Trinajstić information content (AvgIpc) is 2.87. The number of morpholine rings is 1. The standard InChI is InChI=1S/C24H23F2N3O6S2/c1-16-2-7-20(37(33,34)29-10-12-35-13-11-29)15-23(16)27-24(30)17-3-5-18(6-4-17)28-36(31,32)19-8-9-21(25)22(26)14-19/h2-9,14-15,28H,10-13H2,1H3,(H,27,30). The molecule has 3 aromatic carbocycles. The van der Waals surface area contributed by atoms with Crippen LogP contribution in [0.4, 0.5) is 20.2 Å². The van der Waals surface area contributed by atoms with E-state index in [0.29, 0.717) is 36.6 Å². The number of nitrogens with zero attached hydrogens (tertiary/aromatic N) is 1. The average molecular weight is 552 g/mol. The fourth-order valence-corrected chi connectivity index (χ4v) is 6.08. The summed E-state index contributed by atoms with van der Waals surface area (Å²) in [7, 11) is -7.95. The second-order valence-corrected chi connectivity index (χ2v) is 11.8. The number of anilines is 2. The van der Waals surface area contributed by atoms with E-state index in [-0.39, 0.29) is 29.2 Å². The molecule has 196 valence electrons. The molecular weight excluding hydrogens is 528 g/mol. The van der Waals surface area contributed by atoms with Crippen molar-refractivity contribution in [2.24, 2.45) is 0 Å². The van der Waals surface area contributed by atoms with Crippen LogP contribution in [0.25, 0.3) is 0 Å². The van der Waals surface area contributed by atoms with Gasteiger partial charge in [0.05, 0.1) is 23.0 Å². The molecule has 4 rings (SSSR count). The minimum atomic E-state index is -4.19. The van der Waals surface area contributed by atoms with Crippen LogP contribution in [-0.2, 0) is 24.8 Å². The highest BCUT2D eigenvalue weighted by atomic mass is 32.2. The molecule has 0 spiro atoms. The van der Waals surface area contributed by atoms with Crippen LogP contribution in [0.2, 0.25) is 0 Å². The number of aryl methyl sites for hydroxylation is 1. The Morgan fingerprint density at radius 2 is 1.51 bits per heavy atom. The molecule has 1 saturated heterocycles. The minimum absolute atomic E-state index is 0.0392. The second-order valence-electron chi connectivity index (χ2n) is 8.21. The number of hydrogen-bond acceptors (Lipinski definition) is 6. The number of ether oxygens (including phenoxy) is 1. The summed E-state index contributed by atoms with van der Waals surface area (Å²) in [5.74, 6) is -3.01. The minimum Gasteiger partial charge on any atom is -0.379 e. The van der Waals surface area contributed by atoms with Crippen LogP contribution in [0.15, 0.2) is 70.5 Å². The van der Waals surface area contributed by atoms with Gasteiger partial charge in [-0.1, -0.05) is 6.07 Å². The molecule has 0 bridgehead atoms. The quantitative estimate of drug-likeness (QED) is 0.465. The predicted octanol–water partition coefficient (Wildman–Crippen LogP) is 3.35. The van der Waals surface area contributed by atoms with Crippen molar-refractivity contribution < 1.29 is 35.1 Å². The fraction of sp³-hybridized carbons (Fsp3) is 0.208. The molecule has 0 saturated carbocycles. The van der Waals surface area contributed by atoms with Gasteiger partial charge < -0.3 is 10.1 Å². The van der Waals surface area contributed by atoms with Crippen LogP contribution >= 0.6 is 0 Å². The summed E-state index contributed by atoms with van der Waals surface area (Å²) < 4.78 is 86.1. The molecule has 13 heteroatoms. The third-order valence-electron chi connectivity index (χ3n) is 5.67. The Bertz CT molecular complexity index is 1540. The Hall–Kier alpha value is -3.39. The highest BCUT2D eigenvalue weighted by Crippen LogP contribution is 2.25. The number of halogens is 2. The number of rotatable bonds is 7. The zero-order chi connectivity index (χ0) is 26.8. The molecule has 3 aromatic rings. The van der Waals surface area contributed by atoms with E-state index in [4.69, 9.17) is 4.74 Å². The Labute approximate surface area is 213 Å². The van der Waals surface area contributed by atoms with Crippen LogP contribution in [0, 0.1) is 18.6 Å². The van der Waals surface area contributed by atoms with Gasteiger partial charge in [0.15, 0.2) is 11.6 Å². The maximum atomic E-state index is 13.4. The lowest BCUT2D eigenvalue weighted by Gasteiger charge is -2.26. The Morgan fingerprint density at radius 1 is 0.865 bits per heavy atom. The smallest absolute Gasteiger partial charge is 0.261 e. The molecular formula is C24H23F2N3O6S2. The van der Waals surface area contributed by atoms with Gasteiger partial charge in [0.1, 0.15) is 0 Å². The number of sulfonamides is 2. The lowest BCUT2D eigenvalue weighted by atomic mass is 10.1. The number of nitrogens with one attached hydrogen (secondary N) is 2. The van der Waals surface area contributed by atoms with Gasteiger partial charge in [-0.25, -0.2) is 25.6 Å². The maximum absolute atomic E-state index is 13.4. The van der Waals surface area contributed by atoms with Crippen molar-refractivity contribution in [2.75, 3.05) is 36.3 Å². The molecule has 1 aliphatic heterocycles. The number of hydrogen-bond donors (Lipinski definition) is 2. The van der Waals surface area contributed by atoms with Gasteiger partial charge in [-0.05, 0) is 67.1 Å². The summed E-state index contributed by atoms with van der Waals surface area (Å²) in [6.45, 7) is 2.81. The number of benzene rings is 3. The van der Waals surface area contributed by atoms with Gasteiger partial charge in [-0.15, -0.1) is 0 Å². The molecule has 1 amide bonds. The monoisotopic (exact) mass is 551 g/mol. The Kier molecular flexibility index (Phi) is 7.59. The first-order chi connectivity index (χ1) is 17.5. The van der Waals surface area contributed by atoms with E-state index in [9.17, 15) is 30.4 Å². The topological polar surface area (TPSA) is 122 Å². The second kappa shape index (κ2) is 10.5. The van der Waals surface area contributed by atoms with Crippen molar-refractivity contribution in [1.29, 1.82) is 0 Å². The van der Waals surface area contributed by atoms with Gasteiger partial charge in [0.2, 0.25) is 10.0 Å². The van der Waals surface area contributed by atoms with E-state index in [1.165, 1.54) is 40.7 Å². The summed E-state index contributed by atoms with van der Waals surface area (Å²) in [5, 5.41) is 2.68. The van der Waals surface area contributed by atoms with Gasteiger partial charge in [0.25, 0.3) is 15.9 Å². The van der Waals surface area contributed by atoms with Crippen molar-refractivity contribution in [3.05, 3.63) is 83.4 Å². The van der Waals surface area contributed by atoms with E-state index in [0.717, 1.165) is 6.07 Å². The van der Waals surface area contributed by atoms with Gasteiger partial charge in [-0.3, -0.25) is 9.52 Å². The Morgan fingerprint density at radius 3 is 2.16 bits per heavy atom. The molecule has 1 fully saturated rings. The van der Waals surface area contributed by atoms with Crippen molar-refractivity contribution in [3.8, 4) is 0 Å². The third kappa shape index (κ3) is 5.96. The van der Waals surface area contributed by atoms with E-state index in [1.807, 2.05) is 0 Å². The normalized spacial score (nSPS) is 14.8. The first-order valence-corrected chi connectivity index (χ1v) is 14.0. The highest BCUT2D eigenvalue weighted by molar-refractivity contribution is 7.92. The van der Waals surface area contributed by atoms with Crippen molar-refractivity contribution in [2.45, 2.75) is 16.7 Å². The number of carbonyl (C=O) groups excluding carboxylic acids is 1. The third-order valence-corrected chi connectivity index (χ3v) is 8.94. The van der Waals surface area contributed by atoms with Crippen molar-refractivity contribution in [1.82, 2.24) is 4.31 Å². The first kappa shape index (κ1) is 26.7. The lowest BCUT2D eigenvalue weighted by Crippen LogP contribution is -2.40. The zero-order valence-corrected chi connectivity index (χ0v) is 21.2. The van der Waals surface area contributed by atoms with Crippen molar-refractivity contribution in [3.63, 3.8) is 0 Å². The number of amides is 1. The predicted molar refractivity (Wildman–Crippen MR) is 132 cm³/mol. The summed E-state index contributed by atoms with van der Waals surface area (Å²) >= 11 is 0. The summed E-state index contributed by atoms with van der Waals surface area (Å²) in [4.78, 5) is 12.4. The largest absolute Gasteiger partial charge is 0.379 e. The molecule has 0 aromatic heterocycles. The molecule has 1 heterocycles. The van der Waals surface area contributed by atoms with E-state index < -0.39 is 42.5 Å². The van der Waals surface area contributed by atoms with Crippen molar-refractivity contribution >= 4 is 37.3 Å². The zero-order valence-electron chi connectivity index (χ0n) is 19.6. The van der Waals surface area contributed by atoms with Crippen LogP contribution < -0.4 is 10.0 Å². The van der Waals surface area contributed by atoms with Gasteiger partial charge in [0, 0.05) is 30.0 Å². The summed E-state index contributed by atoms with van der Waals surface area (Å²) in [6, 6.07) is 12.1. The molecule has 0 unspecified atom stereocenters. The van der Waals surface area contributed by atoms with Crippen LogP contribution in [0.1, 0.15) is 15.9 Å². The fourth-order valence-electron chi connectivity index (χ4n) is 3.57. The van der Waals surface area contributed by atoms with Crippen LogP contribution in [0.3, 0.4) is 0 Å². The molecule has 37 heavy (non-hydrogen) atoms. The van der Waals surface area contributed by atoms with Crippen LogP contribution in [-0.4, -0.2) is 53.4 Å². The number of carbonyl (C=O) groups is 1. The molecule has 2 N–H and O–H groups in total. The van der Waals surface area contributed by atoms with E-state index in [1.54, 1.807) is 13.0 Å².